The van der Waals surface area contributed by atoms with Crippen molar-refractivity contribution in [2.45, 2.75) is 26.2 Å². The number of carbonyl (C=O) groups is 1. The summed E-state index contributed by atoms with van der Waals surface area (Å²) in [5, 5.41) is 0. The molecule has 0 bridgehead atoms. The van der Waals surface area contributed by atoms with Gasteiger partial charge in [-0.25, -0.2) is 4.79 Å². The smallest absolute Gasteiger partial charge is 0.344 e. The molecule has 1 aliphatic heterocycles. The molecule has 0 spiro atoms. The monoisotopic (exact) mass is 308 g/mol. The van der Waals surface area contributed by atoms with Gasteiger partial charge in [-0.05, 0) is 30.2 Å². The van der Waals surface area contributed by atoms with Crippen LogP contribution in [0.5, 0.6) is 5.75 Å². The summed E-state index contributed by atoms with van der Waals surface area (Å²) in [4.78, 5) is 12.1. The lowest BCUT2D eigenvalue weighted by atomic mass is 10.1. The topological polar surface area (TPSA) is 35.5 Å². The third-order valence-corrected chi connectivity index (χ3v) is 3.80. The first-order chi connectivity index (χ1) is 11.3. The molecule has 0 atom stereocenters. The molecule has 1 heterocycles. The lowest BCUT2D eigenvalue weighted by Crippen LogP contribution is -2.00. The van der Waals surface area contributed by atoms with Crippen LogP contribution in [0.15, 0.2) is 48.5 Å². The molecule has 3 rings (SSSR count). The summed E-state index contributed by atoms with van der Waals surface area (Å²) in [5.74, 6) is 0.954. The first kappa shape index (κ1) is 15.3. The summed E-state index contributed by atoms with van der Waals surface area (Å²) < 4.78 is 11.3. The van der Waals surface area contributed by atoms with E-state index in [1.54, 1.807) is 6.07 Å². The van der Waals surface area contributed by atoms with Crippen molar-refractivity contribution in [3.05, 3.63) is 65.2 Å². The van der Waals surface area contributed by atoms with Crippen LogP contribution in [0, 0.1) is 0 Å². The molecule has 0 saturated carbocycles. The highest BCUT2D eigenvalue weighted by Gasteiger charge is 2.29. The Hall–Kier alpha value is -2.55. The molecular formula is C20H20O3. The third-order valence-electron chi connectivity index (χ3n) is 3.80. The molecule has 118 valence electrons. The summed E-state index contributed by atoms with van der Waals surface area (Å²) in [5.41, 5.74) is 2.32. The minimum absolute atomic E-state index is 0.318. The van der Waals surface area contributed by atoms with Gasteiger partial charge in [-0.2, -0.15) is 0 Å². The van der Waals surface area contributed by atoms with Gasteiger partial charge < -0.3 is 9.47 Å². The molecule has 3 heteroatoms. The summed E-state index contributed by atoms with van der Waals surface area (Å²) in [6, 6.07) is 15.3. The zero-order valence-corrected chi connectivity index (χ0v) is 13.2. The van der Waals surface area contributed by atoms with Gasteiger partial charge in [0.15, 0.2) is 0 Å². The predicted molar refractivity (Wildman–Crippen MR) is 91.2 cm³/mol. The van der Waals surface area contributed by atoms with E-state index in [-0.39, 0.29) is 5.97 Å². The predicted octanol–water partition coefficient (Wildman–Crippen LogP) is 4.92. The average Bonchev–Trinajstić information content (AvgIpc) is 2.89. The van der Waals surface area contributed by atoms with Crippen molar-refractivity contribution >= 4 is 17.8 Å². The number of unbranched alkanes of at least 4 members (excludes halogenated alkanes) is 2. The van der Waals surface area contributed by atoms with Crippen molar-refractivity contribution in [3.63, 3.8) is 0 Å². The van der Waals surface area contributed by atoms with E-state index >= 15 is 0 Å². The Kier molecular flexibility index (Phi) is 4.77. The first-order valence-corrected chi connectivity index (χ1v) is 8.04. The van der Waals surface area contributed by atoms with Gasteiger partial charge in [-0.3, -0.25) is 0 Å². The Morgan fingerprint density at radius 3 is 2.65 bits per heavy atom. The van der Waals surface area contributed by atoms with Crippen LogP contribution >= 0.6 is 0 Å². The molecule has 0 aromatic heterocycles. The van der Waals surface area contributed by atoms with Gasteiger partial charge in [0.1, 0.15) is 11.5 Å². The van der Waals surface area contributed by atoms with Crippen molar-refractivity contribution in [2.24, 2.45) is 0 Å². The second-order valence-electron chi connectivity index (χ2n) is 5.54. The fourth-order valence-corrected chi connectivity index (χ4v) is 2.62. The number of rotatable bonds is 6. The quantitative estimate of drug-likeness (QED) is 0.561. The van der Waals surface area contributed by atoms with Crippen molar-refractivity contribution < 1.29 is 14.3 Å². The molecule has 0 N–H and O–H groups in total. The normalized spacial score (nSPS) is 14.7. The molecule has 1 aliphatic rings. The summed E-state index contributed by atoms with van der Waals surface area (Å²) in [6.07, 6.45) is 5.17. The van der Waals surface area contributed by atoms with Crippen LogP contribution in [0.4, 0.5) is 0 Å². The maximum atomic E-state index is 12.1. The fraction of sp³-hybridized carbons (Fsp3) is 0.250. The summed E-state index contributed by atoms with van der Waals surface area (Å²) in [6.45, 7) is 2.81. The van der Waals surface area contributed by atoms with Crippen molar-refractivity contribution in [1.29, 1.82) is 0 Å². The summed E-state index contributed by atoms with van der Waals surface area (Å²) >= 11 is 0. The number of esters is 1. The van der Waals surface area contributed by atoms with Gasteiger partial charge in [-0.1, -0.05) is 56.2 Å². The van der Waals surface area contributed by atoms with Gasteiger partial charge in [0.2, 0.25) is 0 Å². The van der Waals surface area contributed by atoms with Crippen LogP contribution in [0.3, 0.4) is 0 Å². The Bertz CT molecular complexity index is 717. The molecule has 0 saturated heterocycles. The van der Waals surface area contributed by atoms with Crippen molar-refractivity contribution in [2.75, 3.05) is 6.61 Å². The van der Waals surface area contributed by atoms with Gasteiger partial charge >= 0.3 is 5.97 Å². The Morgan fingerprint density at radius 1 is 1.04 bits per heavy atom. The second kappa shape index (κ2) is 7.14. The number of fused-ring (bicyclic) bond motifs is 1. The highest BCUT2D eigenvalue weighted by Crippen LogP contribution is 2.38. The van der Waals surface area contributed by atoms with E-state index in [1.807, 2.05) is 48.5 Å². The zero-order chi connectivity index (χ0) is 16.1. The van der Waals surface area contributed by atoms with E-state index in [0.717, 1.165) is 30.4 Å². The second-order valence-corrected chi connectivity index (χ2v) is 5.54. The number of hydrogen-bond donors (Lipinski definition) is 0. The van der Waals surface area contributed by atoms with E-state index < -0.39 is 0 Å². The lowest BCUT2D eigenvalue weighted by molar-refractivity contribution is 0.0717. The zero-order valence-electron chi connectivity index (χ0n) is 13.2. The van der Waals surface area contributed by atoms with E-state index in [2.05, 4.69) is 6.92 Å². The van der Waals surface area contributed by atoms with Crippen molar-refractivity contribution in [1.82, 2.24) is 0 Å². The lowest BCUT2D eigenvalue weighted by Gasteiger charge is -2.09. The van der Waals surface area contributed by atoms with Crippen LogP contribution in [0.1, 0.15) is 47.7 Å². The molecule has 2 aromatic rings. The minimum atomic E-state index is -0.318. The molecule has 0 radical (unpaired) electrons. The molecular weight excluding hydrogens is 288 g/mol. The van der Waals surface area contributed by atoms with Gasteiger partial charge in [-0.15, -0.1) is 0 Å². The molecule has 0 unspecified atom stereocenters. The van der Waals surface area contributed by atoms with Gasteiger partial charge in [0.25, 0.3) is 0 Å². The maximum Gasteiger partial charge on any atom is 0.344 e. The van der Waals surface area contributed by atoms with Crippen LogP contribution < -0.4 is 4.74 Å². The van der Waals surface area contributed by atoms with Crippen molar-refractivity contribution in [3.8, 4) is 5.75 Å². The molecule has 0 fully saturated rings. The largest absolute Gasteiger partial charge is 0.493 e. The highest BCUT2D eigenvalue weighted by molar-refractivity contribution is 6.07. The fourth-order valence-electron chi connectivity index (χ4n) is 2.62. The molecule has 23 heavy (non-hydrogen) atoms. The standard InChI is InChI=1S/C20H20O3/c1-2-3-7-13-22-17-12-8-11-16-19(17)18(23-20(16)21)14-15-9-5-4-6-10-15/h4-6,8-12,14H,2-3,7,13H2,1H3. The maximum absolute atomic E-state index is 12.1. The number of ether oxygens (including phenoxy) is 2. The Morgan fingerprint density at radius 2 is 1.87 bits per heavy atom. The van der Waals surface area contributed by atoms with Crippen LogP contribution in [0.25, 0.3) is 11.8 Å². The molecule has 0 aliphatic carbocycles. The van der Waals surface area contributed by atoms with E-state index in [1.165, 1.54) is 0 Å². The molecule has 3 nitrogen and oxygen atoms in total. The van der Waals surface area contributed by atoms with Crippen LogP contribution in [-0.4, -0.2) is 12.6 Å². The van der Waals surface area contributed by atoms with E-state index in [4.69, 9.17) is 9.47 Å². The van der Waals surface area contributed by atoms with E-state index in [9.17, 15) is 4.79 Å². The number of cyclic esters (lactones) is 1. The highest BCUT2D eigenvalue weighted by atomic mass is 16.5. The number of benzene rings is 2. The third kappa shape index (κ3) is 3.45. The van der Waals surface area contributed by atoms with Crippen LogP contribution in [0.2, 0.25) is 0 Å². The van der Waals surface area contributed by atoms with Gasteiger partial charge in [0.05, 0.1) is 17.7 Å². The number of carbonyl (C=O) groups excluding carboxylic acids is 1. The molecule has 0 amide bonds. The number of hydrogen-bond acceptors (Lipinski definition) is 3. The summed E-state index contributed by atoms with van der Waals surface area (Å²) in [7, 11) is 0. The Labute approximate surface area is 136 Å². The molecule has 2 aromatic carbocycles. The van der Waals surface area contributed by atoms with Crippen LogP contribution in [-0.2, 0) is 4.74 Å². The van der Waals surface area contributed by atoms with E-state index in [0.29, 0.717) is 23.7 Å². The Balaban J connectivity index is 1.91. The SMILES string of the molecule is CCCCCOc1cccc2c1C(=Cc1ccccc1)OC2=O. The average molecular weight is 308 g/mol. The first-order valence-electron chi connectivity index (χ1n) is 8.04. The minimum Gasteiger partial charge on any atom is -0.493 e. The van der Waals surface area contributed by atoms with Gasteiger partial charge in [0, 0.05) is 0 Å².